The van der Waals surface area contributed by atoms with Gasteiger partial charge in [-0.3, -0.25) is 0 Å². The number of rotatable bonds is 6. The topological polar surface area (TPSA) is 118 Å². The Morgan fingerprint density at radius 2 is 1.82 bits per heavy atom. The summed E-state index contributed by atoms with van der Waals surface area (Å²) in [5.41, 5.74) is 1.93. The van der Waals surface area contributed by atoms with Gasteiger partial charge < -0.3 is 19.7 Å². The molecule has 2 aromatic carbocycles. The second-order valence-corrected chi connectivity index (χ2v) is 11.0. The van der Waals surface area contributed by atoms with Crippen LogP contribution in [0.1, 0.15) is 61.6 Å². The largest absolute Gasteiger partial charge is 0.508 e. The van der Waals surface area contributed by atoms with Crippen molar-refractivity contribution in [3.05, 3.63) is 53.1 Å². The van der Waals surface area contributed by atoms with Crippen molar-refractivity contribution < 1.29 is 28.1 Å². The van der Waals surface area contributed by atoms with E-state index in [0.29, 0.717) is 41.2 Å². The molecule has 0 saturated carbocycles. The highest BCUT2D eigenvalue weighted by atomic mass is 32.2. The SMILES string of the molecule is COc1ccc(C2C(c3cc(C(C)C)c(O)cc3O)=NN=C2S(=O)(=O)CC2CCCCO2)cc1. The molecule has 8 nitrogen and oxygen atoms in total. The summed E-state index contributed by atoms with van der Waals surface area (Å²) in [6, 6.07) is 9.95. The first kappa shape index (κ1) is 24.2. The molecule has 0 aromatic heterocycles. The van der Waals surface area contributed by atoms with E-state index in [2.05, 4.69) is 10.2 Å². The van der Waals surface area contributed by atoms with E-state index in [4.69, 9.17) is 9.47 Å². The van der Waals surface area contributed by atoms with E-state index in [9.17, 15) is 18.6 Å². The molecule has 1 fully saturated rings. The number of nitrogens with zero attached hydrogens (tertiary/aromatic N) is 2. The van der Waals surface area contributed by atoms with Gasteiger partial charge in [0.15, 0.2) is 14.9 Å². The zero-order valence-corrected chi connectivity index (χ0v) is 20.4. The van der Waals surface area contributed by atoms with E-state index >= 15 is 0 Å². The van der Waals surface area contributed by atoms with Crippen molar-refractivity contribution in [2.75, 3.05) is 19.5 Å². The second-order valence-electron chi connectivity index (χ2n) is 8.98. The summed E-state index contributed by atoms with van der Waals surface area (Å²) < 4.78 is 37.9. The van der Waals surface area contributed by atoms with Gasteiger partial charge in [0.1, 0.15) is 17.2 Å². The van der Waals surface area contributed by atoms with Gasteiger partial charge in [0.25, 0.3) is 0 Å². The third kappa shape index (κ3) is 4.81. The lowest BCUT2D eigenvalue weighted by molar-refractivity contribution is 0.0307. The van der Waals surface area contributed by atoms with Gasteiger partial charge in [0.05, 0.1) is 30.6 Å². The predicted octanol–water partition coefficient (Wildman–Crippen LogP) is 4.11. The van der Waals surface area contributed by atoms with Gasteiger partial charge in [-0.2, -0.15) is 5.10 Å². The monoisotopic (exact) mass is 486 g/mol. The molecule has 9 heteroatoms. The Hall–Kier alpha value is -2.91. The number of hydrogen-bond donors (Lipinski definition) is 2. The minimum Gasteiger partial charge on any atom is -0.508 e. The van der Waals surface area contributed by atoms with Crippen LogP contribution in [0, 0.1) is 0 Å². The molecule has 34 heavy (non-hydrogen) atoms. The third-order valence-corrected chi connectivity index (χ3v) is 8.03. The summed E-state index contributed by atoms with van der Waals surface area (Å²) in [6.45, 7) is 4.39. The molecule has 2 aliphatic rings. The number of hydrogen-bond acceptors (Lipinski definition) is 8. The van der Waals surface area contributed by atoms with E-state index in [0.717, 1.165) is 12.8 Å². The predicted molar refractivity (Wildman–Crippen MR) is 131 cm³/mol. The Bertz CT molecular complexity index is 1210. The van der Waals surface area contributed by atoms with Crippen molar-refractivity contribution in [2.45, 2.75) is 51.0 Å². The molecule has 2 N–H and O–H groups in total. The first-order valence-corrected chi connectivity index (χ1v) is 13.1. The van der Waals surface area contributed by atoms with Crippen LogP contribution in [0.2, 0.25) is 0 Å². The number of ether oxygens (including phenoxy) is 2. The van der Waals surface area contributed by atoms with Crippen molar-refractivity contribution >= 4 is 20.6 Å². The number of sulfone groups is 1. The highest BCUT2D eigenvalue weighted by molar-refractivity contribution is 8.06. The van der Waals surface area contributed by atoms with E-state index in [1.54, 1.807) is 37.4 Å². The fraction of sp³-hybridized carbons (Fsp3) is 0.440. The molecule has 0 spiro atoms. The lowest BCUT2D eigenvalue weighted by Crippen LogP contribution is -2.34. The van der Waals surface area contributed by atoms with Crippen molar-refractivity contribution in [3.63, 3.8) is 0 Å². The molecule has 182 valence electrons. The van der Waals surface area contributed by atoms with Crippen molar-refractivity contribution in [3.8, 4) is 17.2 Å². The minimum atomic E-state index is -3.81. The average Bonchev–Trinajstić information content (AvgIpc) is 3.25. The molecular weight excluding hydrogens is 456 g/mol. The van der Waals surface area contributed by atoms with Gasteiger partial charge in [0, 0.05) is 18.2 Å². The van der Waals surface area contributed by atoms with Crippen LogP contribution in [0.4, 0.5) is 0 Å². The molecule has 2 atom stereocenters. The van der Waals surface area contributed by atoms with Crippen molar-refractivity contribution in [1.82, 2.24) is 0 Å². The standard InChI is InChI=1S/C25H30N2O6S/c1-15(2)19-12-20(22(29)13-21(19)28)24-23(16-7-9-17(32-3)10-8-16)25(27-26-24)34(30,31)14-18-6-4-5-11-33-18/h7-10,12-13,15,18,23,28-29H,4-6,11,14H2,1-3H3. The molecule has 0 bridgehead atoms. The summed E-state index contributed by atoms with van der Waals surface area (Å²) in [6.07, 6.45) is 2.16. The van der Waals surface area contributed by atoms with Gasteiger partial charge in [-0.1, -0.05) is 26.0 Å². The van der Waals surface area contributed by atoms with Gasteiger partial charge in [-0.05, 0) is 54.5 Å². The zero-order valence-electron chi connectivity index (χ0n) is 19.6. The fourth-order valence-corrected chi connectivity index (χ4v) is 6.11. The molecule has 2 aliphatic heterocycles. The summed E-state index contributed by atoms with van der Waals surface area (Å²) in [5.74, 6) is -0.585. The highest BCUT2D eigenvalue weighted by Crippen LogP contribution is 2.38. The second kappa shape index (κ2) is 9.76. The Morgan fingerprint density at radius 3 is 2.44 bits per heavy atom. The maximum atomic E-state index is 13.5. The van der Waals surface area contributed by atoms with Crippen LogP contribution in [-0.2, 0) is 14.6 Å². The lowest BCUT2D eigenvalue weighted by atomic mass is 9.88. The number of benzene rings is 2. The highest BCUT2D eigenvalue weighted by Gasteiger charge is 2.40. The lowest BCUT2D eigenvalue weighted by Gasteiger charge is -2.24. The molecule has 0 radical (unpaired) electrons. The maximum Gasteiger partial charge on any atom is 0.197 e. The van der Waals surface area contributed by atoms with Gasteiger partial charge >= 0.3 is 0 Å². The summed E-state index contributed by atoms with van der Waals surface area (Å²) >= 11 is 0. The van der Waals surface area contributed by atoms with Crippen LogP contribution < -0.4 is 4.74 Å². The summed E-state index contributed by atoms with van der Waals surface area (Å²) in [7, 11) is -2.26. The normalized spacial score (nSPS) is 20.8. The van der Waals surface area contributed by atoms with Gasteiger partial charge in [-0.25, -0.2) is 8.42 Å². The average molecular weight is 487 g/mol. The smallest absolute Gasteiger partial charge is 0.197 e. The molecule has 2 heterocycles. The Kier molecular flexibility index (Phi) is 6.95. The van der Waals surface area contributed by atoms with Crippen LogP contribution in [0.5, 0.6) is 17.2 Å². The third-order valence-electron chi connectivity index (χ3n) is 6.27. The molecule has 1 saturated heterocycles. The van der Waals surface area contributed by atoms with Crippen molar-refractivity contribution in [2.24, 2.45) is 10.2 Å². The molecule has 2 aromatic rings. The molecule has 0 aliphatic carbocycles. The Morgan fingerprint density at radius 1 is 1.09 bits per heavy atom. The van der Waals surface area contributed by atoms with Gasteiger partial charge in [-0.15, -0.1) is 5.10 Å². The fourth-order valence-electron chi connectivity index (χ4n) is 4.41. The van der Waals surface area contributed by atoms with E-state index in [1.165, 1.54) is 6.07 Å². The molecule has 2 unspecified atom stereocenters. The zero-order chi connectivity index (χ0) is 24.5. The minimum absolute atomic E-state index is 0.0200. The van der Waals surface area contributed by atoms with Gasteiger partial charge in [0.2, 0.25) is 0 Å². The maximum absolute atomic E-state index is 13.5. The van der Waals surface area contributed by atoms with Crippen LogP contribution in [-0.4, -0.2) is 55.0 Å². The quantitative estimate of drug-likeness (QED) is 0.634. The molecule has 0 amide bonds. The first-order chi connectivity index (χ1) is 16.2. The van der Waals surface area contributed by atoms with E-state index < -0.39 is 15.8 Å². The number of phenols is 2. The molecular formula is C25H30N2O6S. The Balaban J connectivity index is 1.77. The van der Waals surface area contributed by atoms with E-state index in [-0.39, 0.29) is 34.3 Å². The van der Waals surface area contributed by atoms with Crippen LogP contribution >= 0.6 is 0 Å². The van der Waals surface area contributed by atoms with Crippen molar-refractivity contribution in [1.29, 1.82) is 0 Å². The van der Waals surface area contributed by atoms with Crippen LogP contribution in [0.25, 0.3) is 0 Å². The van der Waals surface area contributed by atoms with Crippen LogP contribution in [0.15, 0.2) is 46.6 Å². The van der Waals surface area contributed by atoms with Crippen LogP contribution in [0.3, 0.4) is 0 Å². The number of aromatic hydroxyl groups is 2. The number of phenolic OH excluding ortho intramolecular Hbond substituents is 2. The first-order valence-electron chi connectivity index (χ1n) is 11.4. The Labute approximate surface area is 199 Å². The molecule has 4 rings (SSSR count). The number of methoxy groups -OCH3 is 1. The van der Waals surface area contributed by atoms with E-state index in [1.807, 2.05) is 13.8 Å². The summed E-state index contributed by atoms with van der Waals surface area (Å²) in [4.78, 5) is 0. The summed E-state index contributed by atoms with van der Waals surface area (Å²) in [5, 5.41) is 29.3.